The monoisotopic (exact) mass is 575 g/mol. The van der Waals surface area contributed by atoms with Gasteiger partial charge in [-0.2, -0.15) is 0 Å². The first-order valence-electron chi connectivity index (χ1n) is 17.6. The normalized spacial score (nSPS) is 13.6. The van der Waals surface area contributed by atoms with Gasteiger partial charge in [-0.25, -0.2) is 4.98 Å². The van der Waals surface area contributed by atoms with Crippen LogP contribution in [0.1, 0.15) is 6.85 Å². The predicted octanol–water partition coefficient (Wildman–Crippen LogP) is 11.5. The van der Waals surface area contributed by atoms with Gasteiger partial charge >= 0.3 is 0 Å². The quantitative estimate of drug-likeness (QED) is 0.192. The van der Waals surface area contributed by atoms with Crippen molar-refractivity contribution in [1.29, 1.82) is 0 Å². The van der Waals surface area contributed by atoms with Crippen LogP contribution in [0.25, 0.3) is 93.8 Å². The highest BCUT2D eigenvalue weighted by Gasteiger charge is 2.25. The maximum absolute atomic E-state index is 8.92. The van der Waals surface area contributed by atoms with Crippen LogP contribution in [0.4, 0.5) is 0 Å². The molecule has 1 aliphatic rings. The second-order valence-corrected chi connectivity index (χ2v) is 11.5. The van der Waals surface area contributed by atoms with Gasteiger partial charge < -0.3 is 0 Å². The van der Waals surface area contributed by atoms with Crippen molar-refractivity contribution in [2.24, 2.45) is 0 Å². The summed E-state index contributed by atoms with van der Waals surface area (Å²) in [5.74, 6) is 0.300. The number of nitrogens with zero attached hydrogens (tertiary/aromatic N) is 2. The van der Waals surface area contributed by atoms with Gasteiger partial charge in [0.25, 0.3) is 0 Å². The zero-order chi connectivity index (χ0) is 33.8. The molecule has 1 aromatic heterocycles. The van der Waals surface area contributed by atoms with Crippen molar-refractivity contribution in [3.63, 3.8) is 0 Å². The molecule has 9 aromatic rings. The minimum Gasteiger partial charge on any atom is -0.291 e. The lowest BCUT2D eigenvalue weighted by Crippen LogP contribution is -2.01. The first kappa shape index (κ1) is 20.1. The van der Waals surface area contributed by atoms with Crippen molar-refractivity contribution in [3.8, 4) is 50.5 Å². The highest BCUT2D eigenvalue weighted by Crippen LogP contribution is 2.51. The van der Waals surface area contributed by atoms with Gasteiger partial charge in [-0.1, -0.05) is 145 Å². The molecule has 45 heavy (non-hydrogen) atoms. The van der Waals surface area contributed by atoms with Crippen LogP contribution in [0.3, 0.4) is 0 Å². The average Bonchev–Trinajstić information content (AvgIpc) is 3.69. The summed E-state index contributed by atoms with van der Waals surface area (Å²) in [7, 11) is 0. The molecular weight excluding hydrogens is 544 g/mol. The van der Waals surface area contributed by atoms with Gasteiger partial charge in [0.2, 0.25) is 0 Å². The van der Waals surface area contributed by atoms with E-state index in [4.69, 9.17) is 11.8 Å². The number of hydrogen-bond acceptors (Lipinski definition) is 1. The number of benzene rings is 8. The standard InChI is InChI=1S/C43H26N2/c1-2-13-27(14-3-1)43-44-38-23-10-11-24-39(38)45(43)42-36-19-8-6-17-32(36)41(33-18-7-9-20-37(33)42)35-26-25-34-29-16-5-4-15-28(29)30-21-12-22-31(35)40(30)34/h1-26H/i1D,2D,3D,13D,14D. The molecule has 0 radical (unpaired) electrons. The molecule has 8 aromatic carbocycles. The Balaban J connectivity index is 1.36. The van der Waals surface area contributed by atoms with Gasteiger partial charge in [0.15, 0.2) is 0 Å². The third kappa shape index (κ3) is 3.37. The fourth-order valence-corrected chi connectivity index (χ4v) is 7.44. The molecule has 0 saturated heterocycles. The number of hydrogen-bond donors (Lipinski definition) is 0. The molecule has 1 heterocycles. The molecule has 1 aliphatic carbocycles. The smallest absolute Gasteiger partial charge is 0.145 e. The predicted molar refractivity (Wildman–Crippen MR) is 189 cm³/mol. The first-order valence-corrected chi connectivity index (χ1v) is 15.1. The molecule has 2 nitrogen and oxygen atoms in total. The Labute approximate surface area is 267 Å². The van der Waals surface area contributed by atoms with E-state index in [-0.39, 0.29) is 29.7 Å². The maximum Gasteiger partial charge on any atom is 0.145 e. The Morgan fingerprint density at radius 3 is 1.76 bits per heavy atom. The summed E-state index contributed by atoms with van der Waals surface area (Å²) in [4.78, 5) is 4.97. The zero-order valence-electron chi connectivity index (χ0n) is 29.0. The molecule has 10 rings (SSSR count). The van der Waals surface area contributed by atoms with Gasteiger partial charge in [0, 0.05) is 16.3 Å². The van der Waals surface area contributed by atoms with E-state index < -0.39 is 6.04 Å². The third-order valence-electron chi connectivity index (χ3n) is 9.23. The fraction of sp³-hybridized carbons (Fsp3) is 0. The Kier molecular flexibility index (Phi) is 4.12. The number of imidazole rings is 1. The van der Waals surface area contributed by atoms with Crippen molar-refractivity contribution >= 4 is 43.4 Å². The van der Waals surface area contributed by atoms with E-state index in [1.807, 2.05) is 41.0 Å². The van der Waals surface area contributed by atoms with Crippen LogP contribution in [0, 0.1) is 0 Å². The topological polar surface area (TPSA) is 17.8 Å². The fourth-order valence-electron chi connectivity index (χ4n) is 7.44. The van der Waals surface area contributed by atoms with E-state index in [9.17, 15) is 0 Å². The van der Waals surface area contributed by atoms with E-state index in [1.165, 1.54) is 33.0 Å². The van der Waals surface area contributed by atoms with Crippen LogP contribution in [0.15, 0.2) is 158 Å². The molecule has 0 aliphatic heterocycles. The lowest BCUT2D eigenvalue weighted by atomic mass is 9.87. The van der Waals surface area contributed by atoms with Crippen LogP contribution in [0.2, 0.25) is 0 Å². The third-order valence-corrected chi connectivity index (χ3v) is 9.23. The van der Waals surface area contributed by atoms with E-state index in [0.717, 1.165) is 43.9 Å². The summed E-state index contributed by atoms with van der Waals surface area (Å²) >= 11 is 0. The molecule has 0 saturated carbocycles. The van der Waals surface area contributed by atoms with Crippen molar-refractivity contribution in [2.75, 3.05) is 0 Å². The Hall–Kier alpha value is -5.99. The summed E-state index contributed by atoms with van der Waals surface area (Å²) in [5.41, 5.74) is 9.60. The van der Waals surface area contributed by atoms with Crippen LogP contribution in [-0.4, -0.2) is 9.55 Å². The van der Waals surface area contributed by atoms with Crippen LogP contribution in [-0.2, 0) is 0 Å². The Morgan fingerprint density at radius 2 is 1.02 bits per heavy atom. The van der Waals surface area contributed by atoms with E-state index >= 15 is 0 Å². The van der Waals surface area contributed by atoms with Crippen LogP contribution < -0.4 is 0 Å². The molecule has 0 bridgehead atoms. The highest BCUT2D eigenvalue weighted by atomic mass is 15.1. The van der Waals surface area contributed by atoms with E-state index in [0.29, 0.717) is 11.3 Å². The van der Waals surface area contributed by atoms with Gasteiger partial charge in [-0.05, 0) is 67.1 Å². The number of rotatable bonds is 3. The molecule has 0 unspecified atom stereocenters. The summed E-state index contributed by atoms with van der Waals surface area (Å²) in [5, 5.41) is 6.46. The Bertz CT molecular complexity index is 2830. The lowest BCUT2D eigenvalue weighted by Gasteiger charge is -2.21. The summed E-state index contributed by atoms with van der Waals surface area (Å²) in [6, 6.07) is 42.3. The first-order chi connectivity index (χ1) is 24.4. The van der Waals surface area contributed by atoms with Crippen LogP contribution >= 0.6 is 0 Å². The average molecular weight is 576 g/mol. The van der Waals surface area contributed by atoms with Crippen molar-refractivity contribution in [1.82, 2.24) is 9.55 Å². The highest BCUT2D eigenvalue weighted by molar-refractivity contribution is 6.25. The van der Waals surface area contributed by atoms with Gasteiger partial charge in [0.1, 0.15) is 5.82 Å². The van der Waals surface area contributed by atoms with E-state index in [2.05, 4.69) is 91.0 Å². The zero-order valence-corrected chi connectivity index (χ0v) is 24.0. The van der Waals surface area contributed by atoms with Gasteiger partial charge in [-0.3, -0.25) is 4.57 Å². The second kappa shape index (κ2) is 9.25. The molecular formula is C43H26N2. The molecule has 0 amide bonds. The SMILES string of the molecule is [2H]c1c([2H])c([2H])c(-c2nc3ccccc3n2-c2c3ccccc3c(-c3ccc4c5c(cccc35)-c3ccccc3-4)c3ccccc23)c([2H])c1[2H]. The largest absolute Gasteiger partial charge is 0.291 e. The Morgan fingerprint density at radius 1 is 0.467 bits per heavy atom. The second-order valence-electron chi connectivity index (χ2n) is 11.5. The lowest BCUT2D eigenvalue weighted by molar-refractivity contribution is 1.13. The number of aromatic nitrogens is 2. The molecule has 0 N–H and O–H groups in total. The van der Waals surface area contributed by atoms with Gasteiger partial charge in [-0.15, -0.1) is 0 Å². The minimum atomic E-state index is -0.430. The summed E-state index contributed by atoms with van der Waals surface area (Å²) < 4.78 is 45.0. The van der Waals surface area contributed by atoms with Crippen molar-refractivity contribution in [3.05, 3.63) is 158 Å². The maximum atomic E-state index is 8.92. The molecule has 0 spiro atoms. The van der Waals surface area contributed by atoms with Crippen molar-refractivity contribution < 1.29 is 6.85 Å². The number of para-hydroxylation sites is 2. The molecule has 208 valence electrons. The summed E-state index contributed by atoms with van der Waals surface area (Å²) in [6.45, 7) is 0. The van der Waals surface area contributed by atoms with Crippen LogP contribution in [0.5, 0.6) is 0 Å². The molecule has 0 atom stereocenters. The molecule has 0 fully saturated rings. The van der Waals surface area contributed by atoms with Crippen molar-refractivity contribution in [2.45, 2.75) is 0 Å². The minimum absolute atomic E-state index is 0.0662. The number of fused-ring (bicyclic) bond motifs is 6. The van der Waals surface area contributed by atoms with E-state index in [1.54, 1.807) is 0 Å². The molecule has 2 heteroatoms. The summed E-state index contributed by atoms with van der Waals surface area (Å²) in [6.07, 6.45) is 0. The van der Waals surface area contributed by atoms with Gasteiger partial charge in [0.05, 0.1) is 23.6 Å².